The average Bonchev–Trinajstić information content (AvgIpc) is 2.57. The monoisotopic (exact) mass is 121 g/mol. The Bertz CT molecular complexity index is 241. The van der Waals surface area contributed by atoms with Crippen molar-refractivity contribution in [3.05, 3.63) is 23.3 Å². The van der Waals surface area contributed by atoms with Crippen LogP contribution in [0.15, 0.2) is 12.1 Å². The van der Waals surface area contributed by atoms with E-state index in [-0.39, 0.29) is 0 Å². The smallest absolute Gasteiger partial charge is 0.119 e. The summed E-state index contributed by atoms with van der Waals surface area (Å²) in [5.74, 6) is 0.388. The van der Waals surface area contributed by atoms with Gasteiger partial charge in [0.05, 0.1) is 0 Å². The van der Waals surface area contributed by atoms with Gasteiger partial charge in [0.1, 0.15) is 5.75 Å². The van der Waals surface area contributed by atoms with Crippen molar-refractivity contribution in [2.24, 2.45) is 0 Å². The van der Waals surface area contributed by atoms with Crippen molar-refractivity contribution in [2.75, 3.05) is 5.73 Å². The average molecular weight is 121 g/mol. The Morgan fingerprint density at radius 1 is 1.33 bits per heavy atom. The number of rotatable bonds is 0. The van der Waals surface area contributed by atoms with Gasteiger partial charge in [-0.25, -0.2) is 0 Å². The van der Waals surface area contributed by atoms with Gasteiger partial charge in [0, 0.05) is 17.7 Å². The molecule has 0 spiro atoms. The second kappa shape index (κ2) is 1.21. The molecule has 3 N–H and O–H groups in total. The first-order valence-electron chi connectivity index (χ1n) is 2.88. The van der Waals surface area contributed by atoms with Crippen LogP contribution in [0.5, 0.6) is 5.75 Å². The van der Waals surface area contributed by atoms with E-state index in [4.69, 9.17) is 10.8 Å². The van der Waals surface area contributed by atoms with E-state index in [1.54, 1.807) is 12.1 Å². The molecule has 0 unspecified atom stereocenters. The SMILES string of the molecule is Nc1ccc(O)c2c1C2. The Morgan fingerprint density at radius 2 is 2.11 bits per heavy atom. The van der Waals surface area contributed by atoms with Crippen molar-refractivity contribution in [3.63, 3.8) is 0 Å². The quantitative estimate of drug-likeness (QED) is 0.401. The number of nitrogen functional groups attached to an aromatic ring is 1. The van der Waals surface area contributed by atoms with Gasteiger partial charge in [-0.2, -0.15) is 0 Å². The second-order valence-corrected chi connectivity index (χ2v) is 2.31. The molecule has 1 aromatic carbocycles. The third-order valence-electron chi connectivity index (χ3n) is 1.67. The second-order valence-electron chi connectivity index (χ2n) is 2.31. The highest BCUT2D eigenvalue weighted by Crippen LogP contribution is 2.39. The maximum Gasteiger partial charge on any atom is 0.119 e. The first-order chi connectivity index (χ1) is 4.29. The molecule has 1 aliphatic rings. The fourth-order valence-corrected chi connectivity index (χ4v) is 1.02. The molecule has 1 aliphatic carbocycles. The van der Waals surface area contributed by atoms with E-state index in [0.717, 1.165) is 23.2 Å². The zero-order valence-corrected chi connectivity index (χ0v) is 4.89. The van der Waals surface area contributed by atoms with Crippen LogP contribution in [-0.2, 0) is 6.42 Å². The van der Waals surface area contributed by atoms with E-state index in [0.29, 0.717) is 5.75 Å². The van der Waals surface area contributed by atoms with Gasteiger partial charge in [-0.15, -0.1) is 0 Å². The summed E-state index contributed by atoms with van der Waals surface area (Å²) < 4.78 is 0. The molecule has 0 saturated heterocycles. The van der Waals surface area contributed by atoms with Crippen molar-refractivity contribution < 1.29 is 5.11 Å². The van der Waals surface area contributed by atoms with Gasteiger partial charge in [0.25, 0.3) is 0 Å². The first-order valence-corrected chi connectivity index (χ1v) is 2.88. The maximum atomic E-state index is 9.04. The maximum absolute atomic E-state index is 9.04. The predicted molar refractivity (Wildman–Crippen MR) is 35.3 cm³/mol. The fraction of sp³-hybridized carbons (Fsp3) is 0.143. The zero-order chi connectivity index (χ0) is 6.43. The Kier molecular flexibility index (Phi) is 0.628. The lowest BCUT2D eigenvalue weighted by atomic mass is 10.3. The lowest BCUT2D eigenvalue weighted by Crippen LogP contribution is -1.81. The largest absolute Gasteiger partial charge is 0.508 e. The summed E-state index contributed by atoms with van der Waals surface area (Å²) in [5, 5.41) is 9.04. The Balaban J connectivity index is 2.68. The third-order valence-corrected chi connectivity index (χ3v) is 1.67. The molecule has 0 fully saturated rings. The highest BCUT2D eigenvalue weighted by Gasteiger charge is 2.23. The third kappa shape index (κ3) is 0.499. The molecule has 9 heavy (non-hydrogen) atoms. The molecule has 0 saturated carbocycles. The number of hydrogen-bond acceptors (Lipinski definition) is 2. The molecule has 2 nitrogen and oxygen atoms in total. The zero-order valence-electron chi connectivity index (χ0n) is 4.89. The number of phenolic OH excluding ortho intramolecular Hbond substituents is 1. The van der Waals surface area contributed by atoms with Gasteiger partial charge in [-0.1, -0.05) is 0 Å². The summed E-state index contributed by atoms with van der Waals surface area (Å²) >= 11 is 0. The summed E-state index contributed by atoms with van der Waals surface area (Å²) in [6.45, 7) is 0. The number of nitrogens with two attached hydrogens (primary N) is 1. The molecule has 0 aromatic heterocycles. The van der Waals surface area contributed by atoms with Crippen LogP contribution in [0.2, 0.25) is 0 Å². The minimum absolute atomic E-state index is 0.388. The Labute approximate surface area is 52.9 Å². The van der Waals surface area contributed by atoms with E-state index in [2.05, 4.69) is 0 Å². The number of fused-ring (bicyclic) bond motifs is 1. The van der Waals surface area contributed by atoms with Crippen LogP contribution >= 0.6 is 0 Å². The van der Waals surface area contributed by atoms with E-state index in [9.17, 15) is 0 Å². The number of hydrogen-bond donors (Lipinski definition) is 2. The molecule has 0 bridgehead atoms. The van der Waals surface area contributed by atoms with Gasteiger partial charge < -0.3 is 10.8 Å². The molecule has 1 aromatic rings. The molecular weight excluding hydrogens is 114 g/mol. The molecule has 2 rings (SSSR count). The molecule has 46 valence electrons. The summed E-state index contributed by atoms with van der Waals surface area (Å²) in [7, 11) is 0. The number of aromatic hydroxyl groups is 1. The standard InChI is InChI=1S/C7H7NO/c8-6-1-2-7(9)5-3-4(5)6/h1-2,9H,3,8H2. The first kappa shape index (κ1) is 4.68. The Morgan fingerprint density at radius 3 is 2.78 bits per heavy atom. The van der Waals surface area contributed by atoms with Gasteiger partial charge in [0.2, 0.25) is 0 Å². The molecule has 0 heterocycles. The summed E-state index contributed by atoms with van der Waals surface area (Å²) in [6.07, 6.45) is 0.880. The lowest BCUT2D eigenvalue weighted by molar-refractivity contribution is 0.474. The summed E-state index contributed by atoms with van der Waals surface area (Å²) in [6, 6.07) is 3.38. The van der Waals surface area contributed by atoms with Crippen molar-refractivity contribution in [1.29, 1.82) is 0 Å². The van der Waals surface area contributed by atoms with Crippen LogP contribution < -0.4 is 5.73 Å². The van der Waals surface area contributed by atoms with E-state index >= 15 is 0 Å². The minimum atomic E-state index is 0.388. The summed E-state index contributed by atoms with van der Waals surface area (Å²) in [5.41, 5.74) is 8.48. The number of phenols is 1. The molecule has 0 aliphatic heterocycles. The van der Waals surface area contributed by atoms with Crippen LogP contribution in [0.4, 0.5) is 5.69 Å². The molecular formula is C7H7NO. The predicted octanol–water partition coefficient (Wildman–Crippen LogP) is 0.879. The van der Waals surface area contributed by atoms with Gasteiger partial charge in [-0.05, 0) is 17.7 Å². The molecule has 0 amide bonds. The Hall–Kier alpha value is -1.18. The topological polar surface area (TPSA) is 46.2 Å². The van der Waals surface area contributed by atoms with Crippen LogP contribution in [0, 0.1) is 0 Å². The highest BCUT2D eigenvalue weighted by molar-refractivity contribution is 5.67. The fourth-order valence-electron chi connectivity index (χ4n) is 1.02. The van der Waals surface area contributed by atoms with Crippen LogP contribution in [0.25, 0.3) is 0 Å². The van der Waals surface area contributed by atoms with E-state index < -0.39 is 0 Å². The number of benzene rings is 1. The molecule has 0 atom stereocenters. The van der Waals surface area contributed by atoms with Crippen molar-refractivity contribution in [1.82, 2.24) is 0 Å². The lowest BCUT2D eigenvalue weighted by Gasteiger charge is -1.89. The van der Waals surface area contributed by atoms with Crippen LogP contribution in [0.3, 0.4) is 0 Å². The van der Waals surface area contributed by atoms with E-state index in [1.807, 2.05) is 0 Å². The van der Waals surface area contributed by atoms with Crippen LogP contribution in [0.1, 0.15) is 11.1 Å². The summed E-state index contributed by atoms with van der Waals surface area (Å²) in [4.78, 5) is 0. The van der Waals surface area contributed by atoms with Crippen molar-refractivity contribution in [2.45, 2.75) is 6.42 Å². The van der Waals surface area contributed by atoms with Crippen molar-refractivity contribution >= 4 is 5.69 Å². The normalized spacial score (nSPS) is 12.9. The highest BCUT2D eigenvalue weighted by atomic mass is 16.3. The molecule has 0 radical (unpaired) electrons. The minimum Gasteiger partial charge on any atom is -0.508 e. The van der Waals surface area contributed by atoms with Gasteiger partial charge >= 0.3 is 0 Å². The van der Waals surface area contributed by atoms with E-state index in [1.165, 1.54) is 0 Å². The van der Waals surface area contributed by atoms with Crippen LogP contribution in [-0.4, -0.2) is 5.11 Å². The van der Waals surface area contributed by atoms with Gasteiger partial charge in [0.15, 0.2) is 0 Å². The number of anilines is 1. The van der Waals surface area contributed by atoms with Gasteiger partial charge in [-0.3, -0.25) is 0 Å². The van der Waals surface area contributed by atoms with Crippen molar-refractivity contribution in [3.8, 4) is 5.75 Å². The molecule has 2 heteroatoms.